The Balaban J connectivity index is -0.0000000599. The third-order valence-electron chi connectivity index (χ3n) is 0.398. The predicted molar refractivity (Wildman–Crippen MR) is 79.7 cm³/mol. The molecule has 30 heavy (non-hydrogen) atoms. The Morgan fingerprint density at radius 2 is 0.867 bits per heavy atom. The first-order valence-corrected chi connectivity index (χ1v) is 7.34. The minimum Gasteiger partial charge on any atom is -0.257 e. The summed E-state index contributed by atoms with van der Waals surface area (Å²) in [6, 6.07) is 0. The number of halogens is 18. The van der Waals surface area contributed by atoms with Gasteiger partial charge < -0.3 is 0 Å². The lowest BCUT2D eigenvalue weighted by molar-refractivity contribution is -0.683. The van der Waals surface area contributed by atoms with Gasteiger partial charge in [0.05, 0.1) is 11.0 Å². The second-order valence-corrected chi connectivity index (χ2v) is 5.89. The summed E-state index contributed by atoms with van der Waals surface area (Å²) in [5, 5.41) is 9.47. The summed E-state index contributed by atoms with van der Waals surface area (Å²) in [5.74, 6) is 0. The minimum absolute atomic E-state index is 0. The second kappa shape index (κ2) is 18.1. The summed E-state index contributed by atoms with van der Waals surface area (Å²) in [4.78, 5) is 14.8. The molecule has 0 N–H and O–H groups in total. The lowest BCUT2D eigenvalue weighted by atomic mass is 11.2. The summed E-state index contributed by atoms with van der Waals surface area (Å²) in [5.41, 5.74) is -4.28. The molecule has 24 heteroatoms. The Labute approximate surface area is 179 Å². The van der Waals surface area contributed by atoms with Crippen molar-refractivity contribution in [2.24, 2.45) is 5.18 Å². The summed E-state index contributed by atoms with van der Waals surface area (Å²) >= 11 is 13.2. The van der Waals surface area contributed by atoms with Crippen molar-refractivity contribution < 1.29 is 66.4 Å². The molecule has 0 aromatic heterocycles. The SMILES string of the molecule is C.FC(Cl)(Cl)Cl.FC(F)(F)F.FC(F)(F)SCl.O=NC(F)(F)F.O=[N+]([O-])C(F)(F)F. The molecule has 0 bridgehead atoms. The Bertz CT molecular complexity index is 412. The van der Waals surface area contributed by atoms with Crippen LogP contribution in [0.25, 0.3) is 0 Å². The number of nitrogens with zero attached hydrogens (tertiary/aromatic N) is 2. The number of alkyl halides is 17. The van der Waals surface area contributed by atoms with E-state index in [9.17, 15) is 61.5 Å². The monoisotopic (exact) mass is 590 g/mol. The van der Waals surface area contributed by atoms with Gasteiger partial charge in [0.2, 0.25) is 0 Å². The van der Waals surface area contributed by atoms with Crippen molar-refractivity contribution in [3.63, 3.8) is 0 Å². The summed E-state index contributed by atoms with van der Waals surface area (Å²) in [6.45, 7) is 0. The topological polar surface area (TPSA) is 72.6 Å². The first-order chi connectivity index (χ1) is 12.1. The van der Waals surface area contributed by atoms with E-state index in [1.165, 1.54) is 0 Å². The highest BCUT2D eigenvalue weighted by molar-refractivity contribution is 8.21. The van der Waals surface area contributed by atoms with Crippen molar-refractivity contribution >= 4 is 56.5 Å². The highest BCUT2D eigenvalue weighted by Gasteiger charge is 2.44. The molecule has 0 atom stereocenters. The van der Waals surface area contributed by atoms with E-state index in [2.05, 4.69) is 45.5 Å². The molecule has 0 radical (unpaired) electrons. The third kappa shape index (κ3) is 146. The number of hydrogen-bond acceptors (Lipinski definition) is 5. The summed E-state index contributed by atoms with van der Waals surface area (Å²) in [7, 11) is 3.62. The van der Waals surface area contributed by atoms with Crippen molar-refractivity contribution in [1.29, 1.82) is 0 Å². The van der Waals surface area contributed by atoms with Crippen LogP contribution in [0.4, 0.5) is 61.5 Å². The Morgan fingerprint density at radius 3 is 0.867 bits per heavy atom. The van der Waals surface area contributed by atoms with E-state index in [0.717, 1.165) is 5.18 Å². The smallest absolute Gasteiger partial charge is 0.257 e. The zero-order valence-electron chi connectivity index (χ0n) is 11.8. The summed E-state index contributed by atoms with van der Waals surface area (Å²) < 4.78 is 141. The van der Waals surface area contributed by atoms with Crippen LogP contribution in [0.5, 0.6) is 0 Å². The lowest BCUT2D eigenvalue weighted by Crippen LogP contribution is -2.20. The molecule has 0 aliphatic heterocycles. The number of nitro groups is 1. The van der Waals surface area contributed by atoms with E-state index in [-0.39, 0.29) is 7.43 Å². The molecule has 0 aromatic carbocycles. The molecule has 0 aliphatic carbocycles. The van der Waals surface area contributed by atoms with E-state index >= 15 is 0 Å². The second-order valence-electron chi connectivity index (χ2n) is 2.66. The van der Waals surface area contributed by atoms with Gasteiger partial charge in [-0.15, -0.1) is 48.8 Å². The van der Waals surface area contributed by atoms with Crippen LogP contribution < -0.4 is 0 Å². The number of nitroso groups, excluding NO2 is 1. The van der Waals surface area contributed by atoms with Crippen LogP contribution in [0.1, 0.15) is 7.43 Å². The maximum Gasteiger partial charge on any atom is 0.688 e. The molecule has 0 unspecified atom stereocenters. The molecule has 0 heterocycles. The summed E-state index contributed by atoms with van der Waals surface area (Å²) in [6.07, 6.45) is -15.7. The van der Waals surface area contributed by atoms with Gasteiger partial charge in [-0.3, -0.25) is 10.1 Å². The van der Waals surface area contributed by atoms with Crippen LogP contribution in [-0.4, -0.2) is 33.5 Å². The van der Waals surface area contributed by atoms with Crippen LogP contribution in [-0.2, 0) is 0 Å². The molecule has 0 fully saturated rings. The molecule has 5 nitrogen and oxygen atoms in total. The molecule has 188 valence electrons. The molecule has 0 spiro atoms. The van der Waals surface area contributed by atoms with Crippen LogP contribution >= 0.6 is 56.5 Å². The standard InChI is InChI=1S/CCl3F.CClF3S.CF4.CF3NO2.CF3NO.CH4/c2-1(3,4)5;2-6-1(3,4)5;2-1(3,4)5;2-1(3,4)5(6)7;2-1(3,4)5-6;/h;;;;;1H4. The minimum atomic E-state index is -5.50. The Morgan fingerprint density at radius 1 is 0.767 bits per heavy atom. The Hall–Kier alpha value is -0.470. The number of hydrogen-bond donors (Lipinski definition) is 0. The molecule has 0 aromatic rings. The van der Waals surface area contributed by atoms with Gasteiger partial charge in [-0.05, 0) is 45.5 Å². The van der Waals surface area contributed by atoms with Crippen LogP contribution in [0.3, 0.4) is 0 Å². The van der Waals surface area contributed by atoms with E-state index in [1.807, 2.05) is 0 Å². The maximum atomic E-state index is 11.0. The van der Waals surface area contributed by atoms with Gasteiger partial charge in [0, 0.05) is 5.18 Å². The largest absolute Gasteiger partial charge is 0.688 e. The van der Waals surface area contributed by atoms with Crippen molar-refractivity contribution in [3.05, 3.63) is 15.0 Å². The zero-order valence-corrected chi connectivity index (χ0v) is 15.7. The van der Waals surface area contributed by atoms with Gasteiger partial charge in [-0.25, -0.2) is 0 Å². The van der Waals surface area contributed by atoms with Gasteiger partial charge in [-0.2, -0.15) is 17.6 Å². The highest BCUT2D eigenvalue weighted by atomic mass is 35.7. The Kier molecular flexibility index (Phi) is 26.2. The molecule has 0 saturated heterocycles. The fraction of sp³-hybridized carbons (Fsp3) is 1.00. The molecule has 0 aliphatic rings. The quantitative estimate of drug-likeness (QED) is 0.0704. The predicted octanol–water partition coefficient (Wildman–Crippen LogP) is 8.84. The molecular weight excluding hydrogens is 588 g/mol. The highest BCUT2D eigenvalue weighted by Crippen LogP contribution is 2.32. The first kappa shape index (κ1) is 43.4. The van der Waals surface area contributed by atoms with Gasteiger partial charge in [0.25, 0.3) is 0 Å². The fourth-order valence-electron chi connectivity index (χ4n) is 0. The van der Waals surface area contributed by atoms with Crippen LogP contribution in [0.15, 0.2) is 5.18 Å². The van der Waals surface area contributed by atoms with Crippen molar-refractivity contribution in [1.82, 2.24) is 0 Å². The van der Waals surface area contributed by atoms with E-state index in [1.54, 1.807) is 0 Å². The van der Waals surface area contributed by atoms with Crippen molar-refractivity contribution in [2.45, 2.75) is 36.0 Å². The van der Waals surface area contributed by atoms with Gasteiger partial charge in [0.1, 0.15) is 4.92 Å². The van der Waals surface area contributed by atoms with E-state index in [0.29, 0.717) is 0 Å². The van der Waals surface area contributed by atoms with Gasteiger partial charge >= 0.3 is 28.6 Å². The molecule has 0 amide bonds. The zero-order chi connectivity index (χ0) is 25.5. The van der Waals surface area contributed by atoms with Gasteiger partial charge in [-0.1, -0.05) is 7.43 Å². The normalized spacial score (nSPS) is 11.3. The molecular formula is C6H4Cl4F14N2O3S. The number of rotatable bonds is 0. The lowest BCUT2D eigenvalue weighted by Gasteiger charge is -1.93. The van der Waals surface area contributed by atoms with E-state index in [4.69, 9.17) is 15.0 Å². The van der Waals surface area contributed by atoms with E-state index < -0.39 is 44.5 Å². The van der Waals surface area contributed by atoms with Crippen molar-refractivity contribution in [3.8, 4) is 0 Å². The molecule has 0 rings (SSSR count). The third-order valence-corrected chi connectivity index (χ3v) is 1.10. The maximum absolute atomic E-state index is 11.0. The average molecular weight is 592 g/mol. The fourth-order valence-corrected chi connectivity index (χ4v) is 0. The average Bonchev–Trinajstić information content (AvgIpc) is 2.33. The van der Waals surface area contributed by atoms with Gasteiger partial charge in [0.15, 0.2) is 0 Å². The molecule has 0 saturated carbocycles. The van der Waals surface area contributed by atoms with Crippen molar-refractivity contribution in [2.75, 3.05) is 0 Å². The van der Waals surface area contributed by atoms with Crippen LogP contribution in [0.2, 0.25) is 0 Å². The van der Waals surface area contributed by atoms with Crippen LogP contribution in [0, 0.1) is 15.0 Å². The first-order valence-electron chi connectivity index (χ1n) is 4.57.